The molecule has 1 aromatic heterocycles. The third kappa shape index (κ3) is 3.40. The highest BCUT2D eigenvalue weighted by Crippen LogP contribution is 2.37. The van der Waals surface area contributed by atoms with Gasteiger partial charge in [-0.05, 0) is 36.8 Å². The van der Waals surface area contributed by atoms with E-state index in [4.69, 9.17) is 0 Å². The van der Waals surface area contributed by atoms with Gasteiger partial charge in [0.25, 0.3) is 5.91 Å². The molecule has 1 N–H and O–H groups in total. The molecule has 0 fully saturated rings. The molecular formula is C20H16F3N3OS. The van der Waals surface area contributed by atoms with Crippen LogP contribution in [0.4, 0.5) is 19.0 Å². The smallest absolute Gasteiger partial charge is 0.306 e. The maximum absolute atomic E-state index is 13.3. The number of nitrogens with one attached hydrogen (secondary N) is 1. The fourth-order valence-corrected chi connectivity index (χ4v) is 4.23. The average Bonchev–Trinajstić information content (AvgIpc) is 3.23. The van der Waals surface area contributed by atoms with E-state index in [1.54, 1.807) is 16.4 Å². The third-order valence-electron chi connectivity index (χ3n) is 4.51. The fraction of sp³-hybridized carbons (Fsp3) is 0.200. The van der Waals surface area contributed by atoms with Gasteiger partial charge in [-0.2, -0.15) is 30.0 Å². The number of rotatable bonds is 3. The topological polar surface area (TPSA) is 46.9 Å². The number of anilines is 1. The Hall–Kier alpha value is -2.74. The van der Waals surface area contributed by atoms with Gasteiger partial charge in [0.2, 0.25) is 0 Å². The van der Waals surface area contributed by atoms with E-state index < -0.39 is 23.2 Å². The summed E-state index contributed by atoms with van der Waals surface area (Å²) in [6.45, 7) is 1.94. The number of thioether (sulfide) groups is 1. The molecule has 0 atom stereocenters. The number of hydrogen-bond acceptors (Lipinski definition) is 3. The van der Waals surface area contributed by atoms with E-state index >= 15 is 0 Å². The van der Waals surface area contributed by atoms with E-state index in [0.717, 1.165) is 28.6 Å². The van der Waals surface area contributed by atoms with Crippen LogP contribution in [0, 0.1) is 6.92 Å². The molecule has 3 aromatic rings. The van der Waals surface area contributed by atoms with Gasteiger partial charge in [-0.3, -0.25) is 4.79 Å². The first kappa shape index (κ1) is 18.6. The number of aromatic nitrogens is 2. The molecule has 0 saturated carbocycles. The molecular weight excluding hydrogens is 387 g/mol. The van der Waals surface area contributed by atoms with Gasteiger partial charge in [-0.25, -0.2) is 4.68 Å². The molecule has 0 saturated heterocycles. The number of benzene rings is 2. The summed E-state index contributed by atoms with van der Waals surface area (Å²) >= 11 is 1.65. The molecule has 8 heteroatoms. The van der Waals surface area contributed by atoms with Gasteiger partial charge in [0.1, 0.15) is 5.82 Å². The van der Waals surface area contributed by atoms with Crippen LogP contribution in [0.3, 0.4) is 0 Å². The molecule has 2 heterocycles. The van der Waals surface area contributed by atoms with Crippen LogP contribution in [-0.4, -0.2) is 15.7 Å². The summed E-state index contributed by atoms with van der Waals surface area (Å²) in [7, 11) is 0. The summed E-state index contributed by atoms with van der Waals surface area (Å²) in [6, 6.07) is 12.3. The Morgan fingerprint density at radius 3 is 2.68 bits per heavy atom. The van der Waals surface area contributed by atoms with Crippen molar-refractivity contribution >= 4 is 23.5 Å². The lowest BCUT2D eigenvalue weighted by Crippen LogP contribution is -2.20. The van der Waals surface area contributed by atoms with E-state index in [9.17, 15) is 18.0 Å². The molecule has 0 aliphatic carbocycles. The molecule has 1 amide bonds. The molecule has 1 aliphatic rings. The van der Waals surface area contributed by atoms with Crippen molar-refractivity contribution in [1.82, 2.24) is 9.78 Å². The lowest BCUT2D eigenvalue weighted by molar-refractivity contribution is -0.137. The van der Waals surface area contributed by atoms with Crippen LogP contribution in [0.15, 0.2) is 48.5 Å². The minimum atomic E-state index is -4.61. The monoisotopic (exact) mass is 403 g/mol. The van der Waals surface area contributed by atoms with Crippen LogP contribution in [0.25, 0.3) is 5.69 Å². The lowest BCUT2D eigenvalue weighted by Gasteiger charge is -2.14. The second-order valence-electron chi connectivity index (χ2n) is 6.51. The SMILES string of the molecule is Cc1cccc(-n2nc3c(c2NC(=O)c2ccccc2C(F)(F)F)CSC3)c1. The summed E-state index contributed by atoms with van der Waals surface area (Å²) in [5.74, 6) is 0.974. The zero-order valence-electron chi connectivity index (χ0n) is 14.9. The highest BCUT2D eigenvalue weighted by Gasteiger charge is 2.35. The Balaban J connectivity index is 1.76. The zero-order valence-corrected chi connectivity index (χ0v) is 15.7. The second kappa shape index (κ2) is 7.01. The number of amides is 1. The number of alkyl halides is 3. The van der Waals surface area contributed by atoms with Gasteiger partial charge in [0, 0.05) is 17.1 Å². The molecule has 4 rings (SSSR count). The number of fused-ring (bicyclic) bond motifs is 1. The van der Waals surface area contributed by atoms with Crippen LogP contribution in [-0.2, 0) is 17.7 Å². The first-order valence-corrected chi connectivity index (χ1v) is 9.73. The molecule has 1 aliphatic heterocycles. The molecule has 2 aromatic carbocycles. The number of carbonyl (C=O) groups is 1. The highest BCUT2D eigenvalue weighted by atomic mass is 32.2. The molecule has 144 valence electrons. The number of carbonyl (C=O) groups excluding carboxylic acids is 1. The van der Waals surface area contributed by atoms with Crippen molar-refractivity contribution in [2.45, 2.75) is 24.6 Å². The molecule has 0 radical (unpaired) electrons. The van der Waals surface area contributed by atoms with Crippen molar-refractivity contribution < 1.29 is 18.0 Å². The number of aryl methyl sites for hydroxylation is 1. The largest absolute Gasteiger partial charge is 0.417 e. The van der Waals surface area contributed by atoms with Crippen molar-refractivity contribution in [2.75, 3.05) is 5.32 Å². The second-order valence-corrected chi connectivity index (χ2v) is 7.50. The lowest BCUT2D eigenvalue weighted by atomic mass is 10.1. The Kier molecular flexibility index (Phi) is 4.66. The summed E-state index contributed by atoms with van der Waals surface area (Å²) in [6.07, 6.45) is -4.61. The predicted molar refractivity (Wildman–Crippen MR) is 103 cm³/mol. The number of hydrogen-bond donors (Lipinski definition) is 1. The minimum absolute atomic E-state index is 0.411. The molecule has 4 nitrogen and oxygen atoms in total. The molecule has 0 spiro atoms. The van der Waals surface area contributed by atoms with E-state index in [1.807, 2.05) is 31.2 Å². The van der Waals surface area contributed by atoms with Crippen molar-refractivity contribution in [2.24, 2.45) is 0 Å². The van der Waals surface area contributed by atoms with E-state index in [2.05, 4.69) is 10.4 Å². The van der Waals surface area contributed by atoms with E-state index in [0.29, 0.717) is 17.3 Å². The Bertz CT molecular complexity index is 1060. The van der Waals surface area contributed by atoms with Gasteiger partial charge in [-0.15, -0.1) is 0 Å². The average molecular weight is 403 g/mol. The molecule has 0 unspecified atom stereocenters. The summed E-state index contributed by atoms with van der Waals surface area (Å²) in [5.41, 5.74) is 2.09. The Morgan fingerprint density at radius 1 is 1.14 bits per heavy atom. The van der Waals surface area contributed by atoms with Crippen molar-refractivity contribution in [3.63, 3.8) is 0 Å². The van der Waals surface area contributed by atoms with Crippen LogP contribution in [0.5, 0.6) is 0 Å². The first-order chi connectivity index (χ1) is 13.3. The summed E-state index contributed by atoms with van der Waals surface area (Å²) in [5, 5.41) is 7.26. The number of nitrogens with zero attached hydrogens (tertiary/aromatic N) is 2. The Morgan fingerprint density at radius 2 is 1.93 bits per heavy atom. The number of halogens is 3. The van der Waals surface area contributed by atoms with Gasteiger partial charge < -0.3 is 5.32 Å². The van der Waals surface area contributed by atoms with Crippen molar-refractivity contribution in [3.8, 4) is 5.69 Å². The quantitative estimate of drug-likeness (QED) is 0.654. The van der Waals surface area contributed by atoms with Crippen LogP contribution >= 0.6 is 11.8 Å². The zero-order chi connectivity index (χ0) is 19.9. The van der Waals surface area contributed by atoms with Crippen LogP contribution < -0.4 is 5.32 Å². The standard InChI is InChI=1S/C20H16F3N3OS/c1-12-5-4-6-13(9-12)26-18(15-10-28-11-17(15)25-26)24-19(27)14-7-2-3-8-16(14)20(21,22)23/h2-9H,10-11H2,1H3,(H,24,27). The van der Waals surface area contributed by atoms with E-state index in [-0.39, 0.29) is 0 Å². The predicted octanol–water partition coefficient (Wildman–Crippen LogP) is 5.20. The van der Waals surface area contributed by atoms with Crippen LogP contribution in [0.2, 0.25) is 0 Å². The first-order valence-electron chi connectivity index (χ1n) is 8.58. The highest BCUT2D eigenvalue weighted by molar-refractivity contribution is 7.98. The van der Waals surface area contributed by atoms with Crippen molar-refractivity contribution in [1.29, 1.82) is 0 Å². The fourth-order valence-electron chi connectivity index (χ4n) is 3.19. The van der Waals surface area contributed by atoms with Crippen LogP contribution in [0.1, 0.15) is 32.7 Å². The Labute approximate surface area is 163 Å². The van der Waals surface area contributed by atoms with Gasteiger partial charge in [0.15, 0.2) is 0 Å². The molecule has 28 heavy (non-hydrogen) atoms. The van der Waals surface area contributed by atoms with Gasteiger partial charge in [-0.1, -0.05) is 24.3 Å². The molecule has 0 bridgehead atoms. The summed E-state index contributed by atoms with van der Waals surface area (Å²) < 4.78 is 41.5. The maximum atomic E-state index is 13.3. The van der Waals surface area contributed by atoms with Gasteiger partial charge >= 0.3 is 6.18 Å². The normalized spacial score (nSPS) is 13.4. The summed E-state index contributed by atoms with van der Waals surface area (Å²) in [4.78, 5) is 12.8. The third-order valence-corrected chi connectivity index (χ3v) is 5.48. The van der Waals surface area contributed by atoms with Crippen molar-refractivity contribution in [3.05, 3.63) is 76.5 Å². The van der Waals surface area contributed by atoms with Gasteiger partial charge in [0.05, 0.1) is 22.5 Å². The van der Waals surface area contributed by atoms with E-state index in [1.165, 1.54) is 18.2 Å². The maximum Gasteiger partial charge on any atom is 0.417 e. The minimum Gasteiger partial charge on any atom is -0.306 e.